The summed E-state index contributed by atoms with van der Waals surface area (Å²) in [5.74, 6) is 0. The molecule has 1 N–H and O–H groups in total. The summed E-state index contributed by atoms with van der Waals surface area (Å²) >= 11 is 0. The van der Waals surface area contributed by atoms with Crippen molar-refractivity contribution in [3.8, 4) is 0 Å². The number of nitrogens with one attached hydrogen (secondary N) is 1. The third-order valence-electron chi connectivity index (χ3n) is 3.26. The van der Waals surface area contributed by atoms with Gasteiger partial charge in [0.05, 0.1) is 6.42 Å². The number of hydrogen-bond donors (Lipinski definition) is 1. The summed E-state index contributed by atoms with van der Waals surface area (Å²) in [7, 11) is 1.72. The molecule has 0 fully saturated rings. The molecule has 1 aromatic carbocycles. The molecular weight excluding hydrogens is 241 g/mol. The first-order valence-electron chi connectivity index (χ1n) is 6.07. The topological polar surface area (TPSA) is 15.3 Å². The Bertz CT molecular complexity index is 415. The number of halogens is 3. The highest BCUT2D eigenvalue weighted by Crippen LogP contribution is 2.27. The van der Waals surface area contributed by atoms with Gasteiger partial charge in [-0.25, -0.2) is 0 Å². The fraction of sp³-hybridized carbons (Fsp3) is 0.538. The van der Waals surface area contributed by atoms with E-state index in [1.54, 1.807) is 11.9 Å². The van der Waals surface area contributed by atoms with E-state index in [4.69, 9.17) is 0 Å². The second-order valence-electron chi connectivity index (χ2n) is 4.63. The lowest BCUT2D eigenvalue weighted by Gasteiger charge is -2.27. The zero-order valence-corrected chi connectivity index (χ0v) is 10.3. The van der Waals surface area contributed by atoms with Crippen molar-refractivity contribution in [3.05, 3.63) is 29.3 Å². The standard InChI is InChI=1S/C13H17F3N2/c1-18(8-6-13(14,15)16)12-4-2-3-10-5-7-17-9-11(10)12/h2-4,17H,5-9H2,1H3. The summed E-state index contributed by atoms with van der Waals surface area (Å²) in [6.07, 6.45) is -3.93. The molecule has 1 aromatic rings. The Kier molecular flexibility index (Phi) is 3.80. The number of hydrogen-bond acceptors (Lipinski definition) is 2. The van der Waals surface area contributed by atoms with E-state index in [9.17, 15) is 13.2 Å². The van der Waals surface area contributed by atoms with Gasteiger partial charge in [0, 0.05) is 25.8 Å². The van der Waals surface area contributed by atoms with E-state index in [2.05, 4.69) is 11.4 Å². The average molecular weight is 258 g/mol. The number of alkyl halides is 3. The molecule has 1 heterocycles. The van der Waals surface area contributed by atoms with E-state index in [1.165, 1.54) is 5.56 Å². The van der Waals surface area contributed by atoms with Crippen LogP contribution < -0.4 is 10.2 Å². The quantitative estimate of drug-likeness (QED) is 0.896. The van der Waals surface area contributed by atoms with Gasteiger partial charge in [0.2, 0.25) is 0 Å². The second kappa shape index (κ2) is 5.18. The lowest BCUT2D eigenvalue weighted by Crippen LogP contribution is -2.29. The van der Waals surface area contributed by atoms with Crippen molar-refractivity contribution in [2.75, 3.05) is 25.0 Å². The Morgan fingerprint density at radius 2 is 2.11 bits per heavy atom. The fourth-order valence-electron chi connectivity index (χ4n) is 2.27. The van der Waals surface area contributed by atoms with Gasteiger partial charge in [0.25, 0.3) is 0 Å². The number of anilines is 1. The van der Waals surface area contributed by atoms with Gasteiger partial charge in [-0.15, -0.1) is 0 Å². The largest absolute Gasteiger partial charge is 0.390 e. The Balaban J connectivity index is 2.12. The maximum atomic E-state index is 12.2. The summed E-state index contributed by atoms with van der Waals surface area (Å²) in [5, 5.41) is 3.26. The maximum absolute atomic E-state index is 12.2. The first-order chi connectivity index (χ1) is 8.47. The molecule has 0 atom stereocenters. The second-order valence-corrected chi connectivity index (χ2v) is 4.63. The van der Waals surface area contributed by atoms with E-state index >= 15 is 0 Å². The van der Waals surface area contributed by atoms with Crippen LogP contribution in [0.5, 0.6) is 0 Å². The van der Waals surface area contributed by atoms with Crippen LogP contribution >= 0.6 is 0 Å². The maximum Gasteiger partial charge on any atom is 0.390 e. The van der Waals surface area contributed by atoms with Crippen molar-refractivity contribution in [1.82, 2.24) is 5.32 Å². The van der Waals surface area contributed by atoms with Gasteiger partial charge in [0.1, 0.15) is 0 Å². The minimum absolute atomic E-state index is 0.0000463. The molecule has 0 radical (unpaired) electrons. The molecule has 1 aliphatic heterocycles. The average Bonchev–Trinajstić information content (AvgIpc) is 2.34. The van der Waals surface area contributed by atoms with E-state index in [0.29, 0.717) is 0 Å². The molecule has 0 spiro atoms. The number of fused-ring (bicyclic) bond motifs is 1. The first kappa shape index (κ1) is 13.2. The van der Waals surface area contributed by atoms with Crippen LogP contribution in [-0.4, -0.2) is 26.3 Å². The van der Waals surface area contributed by atoms with Gasteiger partial charge >= 0.3 is 6.18 Å². The first-order valence-corrected chi connectivity index (χ1v) is 6.07. The molecule has 0 aromatic heterocycles. The van der Waals surface area contributed by atoms with Crippen LogP contribution in [0.4, 0.5) is 18.9 Å². The van der Waals surface area contributed by atoms with Crippen LogP contribution in [0.3, 0.4) is 0 Å². The van der Waals surface area contributed by atoms with Crippen LogP contribution in [0, 0.1) is 0 Å². The van der Waals surface area contributed by atoms with Crippen LogP contribution in [-0.2, 0) is 13.0 Å². The molecule has 0 bridgehead atoms. The molecule has 0 amide bonds. The van der Waals surface area contributed by atoms with Gasteiger partial charge in [-0.2, -0.15) is 13.2 Å². The molecule has 2 nitrogen and oxygen atoms in total. The van der Waals surface area contributed by atoms with Crippen molar-refractivity contribution in [2.24, 2.45) is 0 Å². The number of rotatable bonds is 3. The number of benzene rings is 1. The molecule has 0 aliphatic carbocycles. The summed E-state index contributed by atoms with van der Waals surface area (Å²) < 4.78 is 36.7. The third kappa shape index (κ3) is 3.16. The zero-order chi connectivity index (χ0) is 13.2. The fourth-order valence-corrected chi connectivity index (χ4v) is 2.27. The Hall–Kier alpha value is -1.23. The van der Waals surface area contributed by atoms with E-state index in [-0.39, 0.29) is 6.54 Å². The van der Waals surface area contributed by atoms with E-state index in [1.807, 2.05) is 12.1 Å². The van der Waals surface area contributed by atoms with Gasteiger partial charge in [-0.05, 0) is 30.2 Å². The van der Waals surface area contributed by atoms with Gasteiger partial charge in [0.15, 0.2) is 0 Å². The molecule has 100 valence electrons. The van der Waals surface area contributed by atoms with Crippen LogP contribution in [0.15, 0.2) is 18.2 Å². The molecule has 5 heteroatoms. The van der Waals surface area contributed by atoms with Crippen molar-refractivity contribution < 1.29 is 13.2 Å². The molecule has 2 rings (SSSR count). The normalized spacial score (nSPS) is 15.3. The minimum Gasteiger partial charge on any atom is -0.374 e. The van der Waals surface area contributed by atoms with Crippen LogP contribution in [0.25, 0.3) is 0 Å². The van der Waals surface area contributed by atoms with Crippen LogP contribution in [0.1, 0.15) is 17.5 Å². The SMILES string of the molecule is CN(CCC(F)(F)F)c1cccc2c1CNCC2. The molecule has 1 aliphatic rings. The highest BCUT2D eigenvalue weighted by molar-refractivity contribution is 5.57. The van der Waals surface area contributed by atoms with Crippen LogP contribution in [0.2, 0.25) is 0 Å². The molecule has 18 heavy (non-hydrogen) atoms. The van der Waals surface area contributed by atoms with Crippen molar-refractivity contribution in [1.29, 1.82) is 0 Å². The zero-order valence-electron chi connectivity index (χ0n) is 10.3. The van der Waals surface area contributed by atoms with Gasteiger partial charge in [-0.1, -0.05) is 12.1 Å². The summed E-state index contributed by atoms with van der Waals surface area (Å²) in [5.41, 5.74) is 3.28. The molecule has 0 saturated carbocycles. The summed E-state index contributed by atoms with van der Waals surface area (Å²) in [6, 6.07) is 5.86. The smallest absolute Gasteiger partial charge is 0.374 e. The summed E-state index contributed by atoms with van der Waals surface area (Å²) in [4.78, 5) is 1.69. The van der Waals surface area contributed by atoms with Crippen molar-refractivity contribution >= 4 is 5.69 Å². The third-order valence-corrected chi connectivity index (χ3v) is 3.26. The van der Waals surface area contributed by atoms with E-state index in [0.717, 1.165) is 30.8 Å². The van der Waals surface area contributed by atoms with Gasteiger partial charge in [-0.3, -0.25) is 0 Å². The lowest BCUT2D eigenvalue weighted by atomic mass is 9.99. The summed E-state index contributed by atoms with van der Waals surface area (Å²) in [6.45, 7) is 1.67. The Morgan fingerprint density at radius 3 is 2.83 bits per heavy atom. The monoisotopic (exact) mass is 258 g/mol. The van der Waals surface area contributed by atoms with Gasteiger partial charge < -0.3 is 10.2 Å². The Morgan fingerprint density at radius 1 is 1.33 bits per heavy atom. The predicted molar refractivity (Wildman–Crippen MR) is 65.8 cm³/mol. The Labute approximate surface area is 105 Å². The molecular formula is C13H17F3N2. The molecule has 0 unspecified atom stereocenters. The predicted octanol–water partition coefficient (Wildman–Crippen LogP) is 2.72. The lowest BCUT2D eigenvalue weighted by molar-refractivity contribution is -0.132. The highest BCUT2D eigenvalue weighted by atomic mass is 19.4. The highest BCUT2D eigenvalue weighted by Gasteiger charge is 2.27. The minimum atomic E-state index is -4.10. The van der Waals surface area contributed by atoms with Crippen molar-refractivity contribution in [3.63, 3.8) is 0 Å². The van der Waals surface area contributed by atoms with E-state index < -0.39 is 12.6 Å². The molecule has 0 saturated heterocycles. The number of nitrogens with zero attached hydrogens (tertiary/aromatic N) is 1. The van der Waals surface area contributed by atoms with Crippen molar-refractivity contribution in [2.45, 2.75) is 25.6 Å².